The zero-order valence-corrected chi connectivity index (χ0v) is 19.1. The van der Waals surface area contributed by atoms with E-state index in [9.17, 15) is 18.0 Å². The second-order valence-electron chi connectivity index (χ2n) is 7.30. The largest absolute Gasteiger partial charge is 0.472 e. The first-order chi connectivity index (χ1) is 14.8. The van der Waals surface area contributed by atoms with Crippen LogP contribution in [-0.4, -0.2) is 55.6 Å². The van der Waals surface area contributed by atoms with Gasteiger partial charge < -0.3 is 14.6 Å². The maximum absolute atomic E-state index is 12.8. The summed E-state index contributed by atoms with van der Waals surface area (Å²) >= 11 is 6.21. The lowest BCUT2D eigenvalue weighted by molar-refractivity contribution is -0.121. The number of rotatable bonds is 7. The molecule has 0 aliphatic carbocycles. The van der Waals surface area contributed by atoms with Crippen molar-refractivity contribution in [2.75, 3.05) is 31.5 Å². The molecule has 0 saturated carbocycles. The Morgan fingerprint density at radius 3 is 2.45 bits per heavy atom. The fourth-order valence-corrected chi connectivity index (χ4v) is 5.27. The molecule has 0 spiro atoms. The topological polar surface area (TPSA) is 99.9 Å². The Balaban J connectivity index is 1.66. The fourth-order valence-electron chi connectivity index (χ4n) is 3.62. The zero-order chi connectivity index (χ0) is 22.6. The standard InChI is InChI=1S/C21H26ClN3O5S/c1-3-25(4-2)31(28,29)17-5-6-18(22)19(13-17)23-20(26)15-7-10-24(11-8-15)21(27)16-9-12-30-14-16/h5-6,9,12-15H,3-4,7-8,10-11H2,1-2H3,(H,23,26). The highest BCUT2D eigenvalue weighted by molar-refractivity contribution is 7.89. The number of anilines is 1. The summed E-state index contributed by atoms with van der Waals surface area (Å²) < 4.78 is 31.8. The summed E-state index contributed by atoms with van der Waals surface area (Å²) in [5.41, 5.74) is 0.748. The zero-order valence-electron chi connectivity index (χ0n) is 17.5. The minimum absolute atomic E-state index is 0.0800. The van der Waals surface area contributed by atoms with E-state index in [0.717, 1.165) is 0 Å². The van der Waals surface area contributed by atoms with Gasteiger partial charge in [0.05, 0.1) is 27.4 Å². The molecule has 2 aromatic rings. The highest BCUT2D eigenvalue weighted by atomic mass is 35.5. The number of sulfonamides is 1. The molecule has 1 aromatic carbocycles. The van der Waals surface area contributed by atoms with Crippen molar-refractivity contribution in [2.24, 2.45) is 5.92 Å². The van der Waals surface area contributed by atoms with Crippen molar-refractivity contribution in [3.05, 3.63) is 47.4 Å². The molecule has 0 bridgehead atoms. The Kier molecular flexibility index (Phi) is 7.40. The molecule has 1 fully saturated rings. The number of piperidine rings is 1. The molecule has 1 aromatic heterocycles. The molecule has 31 heavy (non-hydrogen) atoms. The third-order valence-corrected chi connectivity index (χ3v) is 7.84. The number of nitrogens with zero attached hydrogens (tertiary/aromatic N) is 2. The maximum Gasteiger partial charge on any atom is 0.257 e. The molecule has 1 saturated heterocycles. The Bertz CT molecular complexity index is 1030. The number of halogens is 1. The first-order valence-electron chi connectivity index (χ1n) is 10.2. The molecule has 2 heterocycles. The van der Waals surface area contributed by atoms with Crippen molar-refractivity contribution in [3.8, 4) is 0 Å². The van der Waals surface area contributed by atoms with Crippen LogP contribution >= 0.6 is 11.6 Å². The number of likely N-dealkylation sites (tertiary alicyclic amines) is 1. The van der Waals surface area contributed by atoms with E-state index in [4.69, 9.17) is 16.0 Å². The molecule has 1 N–H and O–H groups in total. The normalized spacial score (nSPS) is 15.3. The monoisotopic (exact) mass is 467 g/mol. The van der Waals surface area contributed by atoms with Crippen LogP contribution in [0, 0.1) is 5.92 Å². The van der Waals surface area contributed by atoms with Gasteiger partial charge in [0.15, 0.2) is 0 Å². The summed E-state index contributed by atoms with van der Waals surface area (Å²) in [6, 6.07) is 5.92. The minimum atomic E-state index is -3.67. The molecule has 2 amide bonds. The quantitative estimate of drug-likeness (QED) is 0.672. The number of hydrogen-bond acceptors (Lipinski definition) is 5. The molecule has 168 valence electrons. The number of amides is 2. The van der Waals surface area contributed by atoms with Crippen LogP contribution < -0.4 is 5.32 Å². The Morgan fingerprint density at radius 1 is 1.19 bits per heavy atom. The van der Waals surface area contributed by atoms with Crippen LogP contribution in [0.25, 0.3) is 0 Å². The first-order valence-corrected chi connectivity index (χ1v) is 12.0. The minimum Gasteiger partial charge on any atom is -0.472 e. The van der Waals surface area contributed by atoms with Gasteiger partial charge >= 0.3 is 0 Å². The van der Waals surface area contributed by atoms with Gasteiger partial charge in [0.2, 0.25) is 15.9 Å². The lowest BCUT2D eigenvalue weighted by atomic mass is 9.95. The van der Waals surface area contributed by atoms with Crippen molar-refractivity contribution in [1.29, 1.82) is 0 Å². The van der Waals surface area contributed by atoms with Crippen LogP contribution in [0.5, 0.6) is 0 Å². The van der Waals surface area contributed by atoms with E-state index in [1.54, 1.807) is 24.8 Å². The van der Waals surface area contributed by atoms with Crippen molar-refractivity contribution in [2.45, 2.75) is 31.6 Å². The summed E-state index contributed by atoms with van der Waals surface area (Å²) in [7, 11) is -3.67. The summed E-state index contributed by atoms with van der Waals surface area (Å²) in [6.07, 6.45) is 3.86. The molecular formula is C21H26ClN3O5S. The van der Waals surface area contributed by atoms with Crippen LogP contribution in [0.2, 0.25) is 5.02 Å². The number of benzene rings is 1. The van der Waals surface area contributed by atoms with Crippen LogP contribution in [0.15, 0.2) is 46.1 Å². The molecule has 1 aliphatic heterocycles. The van der Waals surface area contributed by atoms with Gasteiger partial charge in [-0.15, -0.1) is 0 Å². The van der Waals surface area contributed by atoms with Crippen LogP contribution in [0.1, 0.15) is 37.0 Å². The van der Waals surface area contributed by atoms with Crippen molar-refractivity contribution in [1.82, 2.24) is 9.21 Å². The summed E-state index contributed by atoms with van der Waals surface area (Å²) in [4.78, 5) is 27.0. The Hall–Kier alpha value is -2.36. The van der Waals surface area contributed by atoms with Crippen LogP contribution in [0.4, 0.5) is 5.69 Å². The summed E-state index contributed by atoms with van der Waals surface area (Å²) in [5, 5.41) is 3.03. The maximum atomic E-state index is 12.8. The molecule has 0 unspecified atom stereocenters. The summed E-state index contributed by atoms with van der Waals surface area (Å²) in [5.74, 6) is -0.660. The number of carbonyl (C=O) groups excluding carboxylic acids is 2. The van der Waals surface area contributed by atoms with E-state index in [2.05, 4.69) is 5.32 Å². The van der Waals surface area contributed by atoms with E-state index in [1.165, 1.54) is 35.0 Å². The van der Waals surface area contributed by atoms with Crippen LogP contribution in [-0.2, 0) is 14.8 Å². The molecular weight excluding hydrogens is 442 g/mol. The molecule has 3 rings (SSSR count). The van der Waals surface area contributed by atoms with Crippen LogP contribution in [0.3, 0.4) is 0 Å². The number of carbonyl (C=O) groups is 2. The second-order valence-corrected chi connectivity index (χ2v) is 9.64. The molecule has 8 nitrogen and oxygen atoms in total. The smallest absolute Gasteiger partial charge is 0.257 e. The van der Waals surface area contributed by atoms with Gasteiger partial charge in [0.1, 0.15) is 6.26 Å². The third-order valence-electron chi connectivity index (χ3n) is 5.46. The first kappa shape index (κ1) is 23.3. The van der Waals surface area contributed by atoms with Gasteiger partial charge in [-0.25, -0.2) is 8.42 Å². The number of nitrogens with one attached hydrogen (secondary N) is 1. The van der Waals surface area contributed by atoms with Gasteiger partial charge in [-0.1, -0.05) is 25.4 Å². The molecule has 0 radical (unpaired) electrons. The fraction of sp³-hybridized carbons (Fsp3) is 0.429. The van der Waals surface area contributed by atoms with Gasteiger partial charge in [-0.05, 0) is 37.1 Å². The van der Waals surface area contributed by atoms with E-state index in [0.29, 0.717) is 44.6 Å². The molecule has 10 heteroatoms. The van der Waals surface area contributed by atoms with Crippen molar-refractivity contribution in [3.63, 3.8) is 0 Å². The highest BCUT2D eigenvalue weighted by Gasteiger charge is 2.29. The van der Waals surface area contributed by atoms with Crippen molar-refractivity contribution >= 4 is 39.1 Å². The molecule has 0 atom stereocenters. The van der Waals surface area contributed by atoms with Gasteiger partial charge in [-0.3, -0.25) is 9.59 Å². The third kappa shape index (κ3) is 5.11. The highest BCUT2D eigenvalue weighted by Crippen LogP contribution is 2.29. The molecule has 1 aliphatic rings. The van der Waals surface area contributed by atoms with Gasteiger partial charge in [0, 0.05) is 32.1 Å². The van der Waals surface area contributed by atoms with Gasteiger partial charge in [-0.2, -0.15) is 4.31 Å². The Labute approximate surface area is 187 Å². The van der Waals surface area contributed by atoms with E-state index in [-0.39, 0.29) is 33.3 Å². The lowest BCUT2D eigenvalue weighted by Crippen LogP contribution is -2.41. The predicted octanol–water partition coefficient (Wildman–Crippen LogP) is 3.45. The number of furan rings is 1. The SMILES string of the molecule is CCN(CC)S(=O)(=O)c1ccc(Cl)c(NC(=O)C2CCN(C(=O)c3ccoc3)CC2)c1. The van der Waals surface area contributed by atoms with Gasteiger partial charge in [0.25, 0.3) is 5.91 Å². The summed E-state index contributed by atoms with van der Waals surface area (Å²) in [6.45, 7) is 5.13. The predicted molar refractivity (Wildman–Crippen MR) is 118 cm³/mol. The van der Waals surface area contributed by atoms with Crippen molar-refractivity contribution < 1.29 is 22.4 Å². The van der Waals surface area contributed by atoms with E-state index in [1.807, 2.05) is 0 Å². The second kappa shape index (κ2) is 9.84. The Morgan fingerprint density at radius 2 is 1.87 bits per heavy atom. The number of hydrogen-bond donors (Lipinski definition) is 1. The van der Waals surface area contributed by atoms with E-state index < -0.39 is 10.0 Å². The average Bonchev–Trinajstić information content (AvgIpc) is 3.30. The lowest BCUT2D eigenvalue weighted by Gasteiger charge is -2.31. The average molecular weight is 468 g/mol. The van der Waals surface area contributed by atoms with E-state index >= 15 is 0 Å².